The van der Waals surface area contributed by atoms with Crippen molar-refractivity contribution < 1.29 is 32.3 Å². The van der Waals surface area contributed by atoms with Crippen LogP contribution in [0, 0.1) is 0 Å². The van der Waals surface area contributed by atoms with E-state index in [2.05, 4.69) is 4.99 Å². The summed E-state index contributed by atoms with van der Waals surface area (Å²) in [7, 11) is 1.65. The van der Waals surface area contributed by atoms with Gasteiger partial charge in [0.25, 0.3) is 5.91 Å². The van der Waals surface area contributed by atoms with E-state index in [9.17, 15) is 18.0 Å². The van der Waals surface area contributed by atoms with Crippen LogP contribution in [0.1, 0.15) is 11.1 Å². The lowest BCUT2D eigenvalue weighted by molar-refractivity contribution is -0.192. The second-order valence-corrected chi connectivity index (χ2v) is 7.94. The first-order chi connectivity index (χ1) is 17.0. The molecular weight excluding hydrogens is 475 g/mol. The van der Waals surface area contributed by atoms with Gasteiger partial charge >= 0.3 is 12.1 Å². The van der Waals surface area contributed by atoms with Gasteiger partial charge in [0.1, 0.15) is 11.3 Å². The fraction of sp³-hybridized carbons (Fsp3) is 0.115. The Morgan fingerprint density at radius 1 is 0.972 bits per heavy atom. The Labute approximate surface area is 203 Å². The third-order valence-corrected chi connectivity index (χ3v) is 5.66. The number of carboxylic acids is 1. The number of aliphatic carboxylic acids is 1. The molecule has 0 saturated heterocycles. The van der Waals surface area contributed by atoms with Crippen molar-refractivity contribution in [3.8, 4) is 11.3 Å². The van der Waals surface area contributed by atoms with Gasteiger partial charge < -0.3 is 15.3 Å². The zero-order chi connectivity index (χ0) is 26.1. The van der Waals surface area contributed by atoms with Crippen LogP contribution in [0.25, 0.3) is 22.3 Å². The van der Waals surface area contributed by atoms with E-state index in [1.54, 1.807) is 7.05 Å². The molecule has 2 heterocycles. The number of hydrogen-bond acceptors (Lipinski definition) is 5. The first-order valence-corrected chi connectivity index (χ1v) is 10.6. The van der Waals surface area contributed by atoms with Crippen LogP contribution in [0.5, 0.6) is 0 Å². The predicted octanol–water partition coefficient (Wildman–Crippen LogP) is 4.76. The molecule has 184 valence electrons. The maximum atomic E-state index is 13.3. The summed E-state index contributed by atoms with van der Waals surface area (Å²) in [5.74, 6) is -1.99. The Balaban J connectivity index is 0.000000384. The number of hydrogen-bond donors (Lipinski definition) is 2. The van der Waals surface area contributed by atoms with E-state index in [1.165, 1.54) is 4.90 Å². The molecule has 1 aliphatic heterocycles. The highest BCUT2D eigenvalue weighted by molar-refractivity contribution is 6.09. The topological polar surface area (TPSA) is 109 Å². The number of para-hydroxylation sites is 1. The van der Waals surface area contributed by atoms with Crippen molar-refractivity contribution in [3.05, 3.63) is 96.1 Å². The van der Waals surface area contributed by atoms with Crippen molar-refractivity contribution in [2.24, 2.45) is 10.7 Å². The third-order valence-electron chi connectivity index (χ3n) is 5.66. The predicted molar refractivity (Wildman–Crippen MR) is 127 cm³/mol. The molecule has 1 unspecified atom stereocenters. The molecule has 0 saturated carbocycles. The standard InChI is InChI=1S/C24H19N3O2.C2HF3O2/c1-27-22(28)24(26-23(27)25,18-10-3-2-4-11-18)19-12-7-9-16(14-19)21-15-17-8-5-6-13-20(17)29-21;3-2(4,5)1(6)7/h2-15H,1H3,(H2,25,26);(H,6,7). The maximum absolute atomic E-state index is 13.3. The Kier molecular flexibility index (Phi) is 6.28. The van der Waals surface area contributed by atoms with E-state index >= 15 is 0 Å². The molecule has 1 aromatic heterocycles. The van der Waals surface area contributed by atoms with Gasteiger partial charge in [-0.15, -0.1) is 0 Å². The van der Waals surface area contributed by atoms with Gasteiger partial charge in [0.2, 0.25) is 0 Å². The minimum Gasteiger partial charge on any atom is -0.475 e. The molecule has 36 heavy (non-hydrogen) atoms. The molecule has 5 rings (SSSR count). The van der Waals surface area contributed by atoms with Crippen molar-refractivity contribution in [1.29, 1.82) is 0 Å². The van der Waals surface area contributed by atoms with Gasteiger partial charge in [0.05, 0.1) is 0 Å². The smallest absolute Gasteiger partial charge is 0.475 e. The maximum Gasteiger partial charge on any atom is 0.490 e. The second-order valence-electron chi connectivity index (χ2n) is 7.94. The molecule has 3 N–H and O–H groups in total. The van der Waals surface area contributed by atoms with Crippen LogP contribution in [-0.2, 0) is 15.1 Å². The summed E-state index contributed by atoms with van der Waals surface area (Å²) in [4.78, 5) is 28.3. The van der Waals surface area contributed by atoms with Crippen LogP contribution in [0.4, 0.5) is 13.2 Å². The number of amides is 1. The van der Waals surface area contributed by atoms with Gasteiger partial charge in [-0.2, -0.15) is 13.2 Å². The average molecular weight is 495 g/mol. The van der Waals surface area contributed by atoms with E-state index in [4.69, 9.17) is 20.1 Å². The lowest BCUT2D eigenvalue weighted by atomic mass is 9.82. The molecule has 1 amide bonds. The highest BCUT2D eigenvalue weighted by Gasteiger charge is 2.49. The molecule has 0 fully saturated rings. The summed E-state index contributed by atoms with van der Waals surface area (Å²) in [6, 6.07) is 27.2. The highest BCUT2D eigenvalue weighted by atomic mass is 19.4. The number of alkyl halides is 3. The van der Waals surface area contributed by atoms with Crippen LogP contribution in [-0.4, -0.2) is 41.1 Å². The number of carbonyl (C=O) groups excluding carboxylic acids is 1. The molecule has 0 radical (unpaired) electrons. The SMILES string of the molecule is CN1C(=O)C(c2ccccc2)(c2cccc(-c3cc4ccccc4o3)c2)N=C1N.O=C(O)C(F)(F)F. The van der Waals surface area contributed by atoms with Gasteiger partial charge in [-0.1, -0.05) is 66.7 Å². The fourth-order valence-electron chi connectivity index (χ4n) is 3.89. The van der Waals surface area contributed by atoms with E-state index < -0.39 is 17.7 Å². The molecule has 7 nitrogen and oxygen atoms in total. The van der Waals surface area contributed by atoms with E-state index in [0.29, 0.717) is 0 Å². The van der Waals surface area contributed by atoms with Gasteiger partial charge in [0, 0.05) is 18.0 Å². The number of nitrogens with two attached hydrogens (primary N) is 1. The van der Waals surface area contributed by atoms with Crippen molar-refractivity contribution in [1.82, 2.24) is 4.90 Å². The van der Waals surface area contributed by atoms with Gasteiger partial charge in [-0.3, -0.25) is 9.69 Å². The number of likely N-dealkylation sites (N-methyl/N-ethyl adjacent to an activating group) is 1. The lowest BCUT2D eigenvalue weighted by Gasteiger charge is -2.26. The first kappa shape index (κ1) is 24.5. The van der Waals surface area contributed by atoms with Crippen molar-refractivity contribution >= 4 is 28.8 Å². The summed E-state index contributed by atoms with van der Waals surface area (Å²) in [6.45, 7) is 0. The van der Waals surface area contributed by atoms with Gasteiger partial charge in [-0.05, 0) is 29.3 Å². The Morgan fingerprint density at radius 3 is 2.17 bits per heavy atom. The summed E-state index contributed by atoms with van der Waals surface area (Å²) in [6.07, 6.45) is -5.08. The van der Waals surface area contributed by atoms with Crippen molar-refractivity contribution in [3.63, 3.8) is 0 Å². The summed E-state index contributed by atoms with van der Waals surface area (Å²) in [5.41, 5.74) is 8.08. The minimum absolute atomic E-state index is 0.178. The zero-order valence-corrected chi connectivity index (χ0v) is 18.9. The number of aliphatic imine (C=N–C) groups is 1. The van der Waals surface area contributed by atoms with Crippen LogP contribution >= 0.6 is 0 Å². The summed E-state index contributed by atoms with van der Waals surface area (Å²) in [5, 5.41) is 8.16. The van der Waals surface area contributed by atoms with E-state index in [-0.39, 0.29) is 11.9 Å². The second kappa shape index (κ2) is 9.21. The number of benzene rings is 3. The molecule has 1 atom stereocenters. The summed E-state index contributed by atoms with van der Waals surface area (Å²) >= 11 is 0. The number of rotatable bonds is 3. The first-order valence-electron chi connectivity index (χ1n) is 10.6. The third kappa shape index (κ3) is 4.40. The number of halogens is 3. The average Bonchev–Trinajstić information content (AvgIpc) is 3.40. The number of carboxylic acid groups (broad SMARTS) is 1. The van der Waals surface area contributed by atoms with Crippen molar-refractivity contribution in [2.75, 3.05) is 7.05 Å². The highest BCUT2D eigenvalue weighted by Crippen LogP contribution is 2.40. The molecule has 4 aromatic rings. The quantitative estimate of drug-likeness (QED) is 0.426. The summed E-state index contributed by atoms with van der Waals surface area (Å²) < 4.78 is 37.8. The van der Waals surface area contributed by atoms with E-state index in [0.717, 1.165) is 33.4 Å². The van der Waals surface area contributed by atoms with Crippen molar-refractivity contribution in [2.45, 2.75) is 11.7 Å². The van der Waals surface area contributed by atoms with E-state index in [1.807, 2.05) is 84.9 Å². The lowest BCUT2D eigenvalue weighted by Crippen LogP contribution is -2.41. The molecule has 0 aliphatic carbocycles. The monoisotopic (exact) mass is 495 g/mol. The largest absolute Gasteiger partial charge is 0.490 e. The van der Waals surface area contributed by atoms with Crippen LogP contribution in [0.3, 0.4) is 0 Å². The van der Waals surface area contributed by atoms with Gasteiger partial charge in [0.15, 0.2) is 11.5 Å². The van der Waals surface area contributed by atoms with Crippen LogP contribution in [0.2, 0.25) is 0 Å². The van der Waals surface area contributed by atoms with Crippen LogP contribution in [0.15, 0.2) is 94.3 Å². The molecule has 0 bridgehead atoms. The zero-order valence-electron chi connectivity index (χ0n) is 18.9. The van der Waals surface area contributed by atoms with Crippen LogP contribution < -0.4 is 5.73 Å². The Bertz CT molecular complexity index is 1430. The minimum atomic E-state index is -5.08. The number of guanidine groups is 1. The normalized spacial score (nSPS) is 17.5. The molecular formula is C26H20F3N3O4. The van der Waals surface area contributed by atoms with Gasteiger partial charge in [-0.25, -0.2) is 9.79 Å². The Hall–Kier alpha value is -4.60. The number of nitrogens with zero attached hydrogens (tertiary/aromatic N) is 2. The number of furan rings is 1. The molecule has 10 heteroatoms. The Morgan fingerprint density at radius 2 is 1.58 bits per heavy atom. The molecule has 3 aromatic carbocycles. The molecule has 0 spiro atoms. The number of carbonyl (C=O) groups is 2. The number of fused-ring (bicyclic) bond motifs is 1. The fourth-order valence-corrected chi connectivity index (χ4v) is 3.89. The molecule has 1 aliphatic rings.